The van der Waals surface area contributed by atoms with Crippen LogP contribution in [0.5, 0.6) is 0 Å². The lowest BCUT2D eigenvalue weighted by atomic mass is 9.78. The van der Waals surface area contributed by atoms with Crippen molar-refractivity contribution in [2.45, 2.75) is 32.2 Å². The summed E-state index contributed by atoms with van der Waals surface area (Å²) < 4.78 is 13.9. The van der Waals surface area contributed by atoms with E-state index in [1.165, 1.54) is 11.8 Å². The Morgan fingerprint density at radius 2 is 2.21 bits per heavy atom. The van der Waals surface area contributed by atoms with Crippen molar-refractivity contribution in [3.05, 3.63) is 53.1 Å². The van der Waals surface area contributed by atoms with E-state index in [0.29, 0.717) is 11.3 Å². The smallest absolute Gasteiger partial charge is 0.260 e. The quantitative estimate of drug-likeness (QED) is 0.757. The SMILES string of the molecule is CC1(C)CCNc2cc(NC(=O)c3c(CN)ccnc3F)ccc21. The third-order valence-corrected chi connectivity index (χ3v) is 4.51. The highest BCUT2D eigenvalue weighted by atomic mass is 19.1. The Balaban J connectivity index is 1.89. The molecule has 5 nitrogen and oxygen atoms in total. The van der Waals surface area contributed by atoms with Crippen LogP contribution in [0.2, 0.25) is 0 Å². The predicted octanol–water partition coefficient (Wildman–Crippen LogP) is 3.02. The van der Waals surface area contributed by atoms with Crippen molar-refractivity contribution < 1.29 is 9.18 Å². The van der Waals surface area contributed by atoms with E-state index in [0.717, 1.165) is 18.7 Å². The van der Waals surface area contributed by atoms with Gasteiger partial charge in [-0.1, -0.05) is 19.9 Å². The third-order valence-electron chi connectivity index (χ3n) is 4.51. The second-order valence-corrected chi connectivity index (χ2v) is 6.62. The Labute approximate surface area is 140 Å². The van der Waals surface area contributed by atoms with Crippen LogP contribution in [0.1, 0.15) is 41.8 Å². The van der Waals surface area contributed by atoms with Gasteiger partial charge in [0, 0.05) is 30.7 Å². The topological polar surface area (TPSA) is 80.0 Å². The molecule has 4 N–H and O–H groups in total. The van der Waals surface area contributed by atoms with Crippen molar-refractivity contribution in [3.8, 4) is 0 Å². The van der Waals surface area contributed by atoms with E-state index in [9.17, 15) is 9.18 Å². The molecular weight excluding hydrogens is 307 g/mol. The lowest BCUT2D eigenvalue weighted by Crippen LogP contribution is -2.28. The number of fused-ring (bicyclic) bond motifs is 1. The Morgan fingerprint density at radius 1 is 1.42 bits per heavy atom. The van der Waals surface area contributed by atoms with Crippen LogP contribution in [-0.2, 0) is 12.0 Å². The molecule has 24 heavy (non-hydrogen) atoms. The van der Waals surface area contributed by atoms with Crippen LogP contribution in [0.4, 0.5) is 15.8 Å². The van der Waals surface area contributed by atoms with Gasteiger partial charge in [-0.15, -0.1) is 0 Å². The number of hydrogen-bond donors (Lipinski definition) is 3. The first kappa shape index (κ1) is 16.4. The first-order valence-electron chi connectivity index (χ1n) is 7.95. The van der Waals surface area contributed by atoms with Crippen molar-refractivity contribution >= 4 is 17.3 Å². The van der Waals surface area contributed by atoms with Gasteiger partial charge in [0.25, 0.3) is 5.91 Å². The molecule has 0 bridgehead atoms. The van der Waals surface area contributed by atoms with Gasteiger partial charge < -0.3 is 16.4 Å². The first-order valence-corrected chi connectivity index (χ1v) is 7.95. The average molecular weight is 328 g/mol. The fraction of sp³-hybridized carbons (Fsp3) is 0.333. The number of nitrogens with one attached hydrogen (secondary N) is 2. The maximum Gasteiger partial charge on any atom is 0.260 e. The van der Waals surface area contributed by atoms with Crippen molar-refractivity contribution in [2.75, 3.05) is 17.2 Å². The average Bonchev–Trinajstić information content (AvgIpc) is 2.53. The van der Waals surface area contributed by atoms with Gasteiger partial charge in [-0.25, -0.2) is 4.98 Å². The fourth-order valence-corrected chi connectivity index (χ4v) is 3.08. The summed E-state index contributed by atoms with van der Waals surface area (Å²) in [6.45, 7) is 5.35. The van der Waals surface area contributed by atoms with E-state index in [-0.39, 0.29) is 17.5 Å². The van der Waals surface area contributed by atoms with Crippen LogP contribution in [0.3, 0.4) is 0 Å². The summed E-state index contributed by atoms with van der Waals surface area (Å²) in [7, 11) is 0. The molecule has 1 aliphatic heterocycles. The number of rotatable bonds is 3. The van der Waals surface area contributed by atoms with Gasteiger partial charge in [0.15, 0.2) is 0 Å². The van der Waals surface area contributed by atoms with Crippen LogP contribution in [0, 0.1) is 5.95 Å². The summed E-state index contributed by atoms with van der Waals surface area (Å²) in [5.74, 6) is -1.36. The van der Waals surface area contributed by atoms with E-state index in [2.05, 4.69) is 29.5 Å². The van der Waals surface area contributed by atoms with Crippen molar-refractivity contribution in [1.82, 2.24) is 4.98 Å². The summed E-state index contributed by atoms with van der Waals surface area (Å²) >= 11 is 0. The number of carbonyl (C=O) groups is 1. The molecule has 0 atom stereocenters. The largest absolute Gasteiger partial charge is 0.385 e. The predicted molar refractivity (Wildman–Crippen MR) is 92.6 cm³/mol. The molecule has 0 radical (unpaired) electrons. The zero-order valence-corrected chi connectivity index (χ0v) is 13.8. The van der Waals surface area contributed by atoms with Crippen molar-refractivity contribution in [2.24, 2.45) is 5.73 Å². The normalized spacial score (nSPS) is 15.3. The van der Waals surface area contributed by atoms with Gasteiger partial charge in [0.2, 0.25) is 5.95 Å². The highest BCUT2D eigenvalue weighted by Crippen LogP contribution is 2.37. The fourth-order valence-electron chi connectivity index (χ4n) is 3.08. The molecule has 0 fully saturated rings. The minimum absolute atomic E-state index is 0.0716. The van der Waals surface area contributed by atoms with E-state index in [1.54, 1.807) is 6.07 Å². The molecule has 0 spiro atoms. The number of halogens is 1. The molecule has 1 aromatic carbocycles. The standard InChI is InChI=1S/C18H21FN4O/c1-18(2)6-8-21-14-9-12(3-4-13(14)18)23-17(24)15-11(10-20)5-7-22-16(15)19/h3-5,7,9,21H,6,8,10,20H2,1-2H3,(H,23,24). The van der Waals surface area contributed by atoms with Gasteiger partial charge in [-0.05, 0) is 41.2 Å². The van der Waals surface area contributed by atoms with Gasteiger partial charge in [-0.2, -0.15) is 4.39 Å². The minimum Gasteiger partial charge on any atom is -0.385 e. The van der Waals surface area contributed by atoms with Crippen LogP contribution in [0.25, 0.3) is 0 Å². The summed E-state index contributed by atoms with van der Waals surface area (Å²) in [5.41, 5.74) is 8.81. The molecule has 1 aromatic heterocycles. The Bertz CT molecular complexity index is 789. The summed E-state index contributed by atoms with van der Waals surface area (Å²) in [4.78, 5) is 16.0. The molecule has 6 heteroatoms. The highest BCUT2D eigenvalue weighted by Gasteiger charge is 2.27. The van der Waals surface area contributed by atoms with Crippen LogP contribution < -0.4 is 16.4 Å². The Hall–Kier alpha value is -2.47. The second-order valence-electron chi connectivity index (χ2n) is 6.62. The molecular formula is C18H21FN4O. The monoisotopic (exact) mass is 328 g/mol. The maximum atomic E-state index is 13.9. The van der Waals surface area contributed by atoms with Crippen molar-refractivity contribution in [3.63, 3.8) is 0 Å². The van der Waals surface area contributed by atoms with E-state index >= 15 is 0 Å². The van der Waals surface area contributed by atoms with Crippen LogP contribution in [0.15, 0.2) is 30.5 Å². The summed E-state index contributed by atoms with van der Waals surface area (Å²) in [6.07, 6.45) is 2.35. The summed E-state index contributed by atoms with van der Waals surface area (Å²) in [5, 5.41) is 6.08. The number of amides is 1. The molecule has 0 aliphatic carbocycles. The van der Waals surface area contributed by atoms with Crippen molar-refractivity contribution in [1.29, 1.82) is 0 Å². The second kappa shape index (κ2) is 6.20. The number of nitrogens with zero attached hydrogens (tertiary/aromatic N) is 1. The number of aromatic nitrogens is 1. The van der Waals surface area contributed by atoms with E-state index < -0.39 is 11.9 Å². The lowest BCUT2D eigenvalue weighted by molar-refractivity contribution is 0.102. The molecule has 2 aromatic rings. The first-order chi connectivity index (χ1) is 11.4. The molecule has 2 heterocycles. The third kappa shape index (κ3) is 2.97. The number of benzene rings is 1. The van der Waals surface area contributed by atoms with E-state index in [4.69, 9.17) is 5.73 Å². The molecule has 0 saturated heterocycles. The summed E-state index contributed by atoms with van der Waals surface area (Å²) in [6, 6.07) is 7.27. The van der Waals surface area contributed by atoms with Gasteiger partial charge in [0.1, 0.15) is 0 Å². The minimum atomic E-state index is -0.812. The number of hydrogen-bond acceptors (Lipinski definition) is 4. The molecule has 1 aliphatic rings. The molecule has 0 saturated carbocycles. The molecule has 126 valence electrons. The van der Waals surface area contributed by atoms with E-state index in [1.807, 2.05) is 18.2 Å². The zero-order valence-electron chi connectivity index (χ0n) is 13.8. The lowest BCUT2D eigenvalue weighted by Gasteiger charge is -2.33. The number of carbonyl (C=O) groups excluding carboxylic acids is 1. The maximum absolute atomic E-state index is 13.9. The highest BCUT2D eigenvalue weighted by molar-refractivity contribution is 6.05. The van der Waals surface area contributed by atoms with Gasteiger partial charge in [0.05, 0.1) is 5.56 Å². The van der Waals surface area contributed by atoms with Gasteiger partial charge in [-0.3, -0.25) is 4.79 Å². The van der Waals surface area contributed by atoms with Crippen LogP contribution >= 0.6 is 0 Å². The van der Waals surface area contributed by atoms with Crippen LogP contribution in [-0.4, -0.2) is 17.4 Å². The Morgan fingerprint density at radius 3 is 2.96 bits per heavy atom. The molecule has 0 unspecified atom stereocenters. The number of anilines is 2. The number of nitrogens with two attached hydrogens (primary N) is 1. The zero-order chi connectivity index (χ0) is 17.3. The Kier molecular flexibility index (Phi) is 4.24. The number of pyridine rings is 1. The van der Waals surface area contributed by atoms with Gasteiger partial charge >= 0.3 is 0 Å². The molecule has 3 rings (SSSR count). The molecule has 1 amide bonds.